The zero-order chi connectivity index (χ0) is 64.2. The highest BCUT2D eigenvalue weighted by atomic mass is 16.4. The normalized spacial score (nSPS) is 14.5. The van der Waals surface area contributed by atoms with E-state index in [4.69, 9.17) is 22.9 Å². The number of amides is 9. The topological polar surface area (TPSA) is 552 Å². The summed E-state index contributed by atoms with van der Waals surface area (Å²) >= 11 is 0. The van der Waals surface area contributed by atoms with Gasteiger partial charge in [-0.1, -0.05) is 36.8 Å². The van der Waals surface area contributed by atoms with Gasteiger partial charge in [-0.3, -0.25) is 62.3 Å². The molecule has 22 N–H and O–H groups in total. The lowest BCUT2D eigenvalue weighted by Crippen LogP contribution is -2.60. The molecule has 0 spiro atoms. The van der Waals surface area contributed by atoms with Crippen LogP contribution < -0.4 is 70.8 Å². The van der Waals surface area contributed by atoms with Crippen LogP contribution in [0.5, 0.6) is 0 Å². The number of unbranched alkanes of at least 4 members (excludes halogenated alkanes) is 3. The van der Waals surface area contributed by atoms with Crippen LogP contribution in [-0.2, 0) is 73.5 Å². The second kappa shape index (κ2) is 40.8. The van der Waals surface area contributed by atoms with Crippen molar-refractivity contribution in [3.8, 4) is 0 Å². The Morgan fingerprint density at radius 3 is 0.929 bits per heavy atom. The van der Waals surface area contributed by atoms with Crippen LogP contribution >= 0.6 is 0 Å². The van der Waals surface area contributed by atoms with Crippen LogP contribution in [0.25, 0.3) is 0 Å². The van der Waals surface area contributed by atoms with Crippen molar-refractivity contribution in [2.24, 2.45) is 22.9 Å². The van der Waals surface area contributed by atoms with Gasteiger partial charge in [0.1, 0.15) is 54.4 Å². The predicted octanol–water partition coefficient (Wildman–Crippen LogP) is -4.11. The molecule has 1 aromatic carbocycles. The number of rotatable bonds is 45. The Labute approximate surface area is 490 Å². The van der Waals surface area contributed by atoms with E-state index in [2.05, 4.69) is 47.9 Å². The molecule has 32 nitrogen and oxygen atoms in total. The summed E-state index contributed by atoms with van der Waals surface area (Å²) in [5.74, 6) is -16.2. The number of nitrogens with one attached hydrogen (secondary N) is 9. The lowest BCUT2D eigenvalue weighted by atomic mass is 10.0. The fourth-order valence-corrected chi connectivity index (χ4v) is 8.08. The van der Waals surface area contributed by atoms with Crippen LogP contribution in [-0.4, -0.2) is 189 Å². The Kier molecular flexibility index (Phi) is 35.8. The van der Waals surface area contributed by atoms with Crippen molar-refractivity contribution >= 4 is 83.0 Å². The molecule has 0 saturated heterocycles. The van der Waals surface area contributed by atoms with E-state index in [1.165, 1.54) is 0 Å². The summed E-state index contributed by atoms with van der Waals surface area (Å²) in [6.45, 7) is 2.94. The number of benzene rings is 1. The quantitative estimate of drug-likeness (QED) is 0.0276. The molecular formula is C53H85N13O19. The molecule has 0 radical (unpaired) electrons. The zero-order valence-corrected chi connectivity index (χ0v) is 47.8. The van der Waals surface area contributed by atoms with E-state index < -0.39 is 195 Å². The molecule has 0 aromatic heterocycles. The SMILES string of the molecule is C[C@H](NC(=O)[C@H](CCC(=O)O)NC(=O)[C@H](CCCCN)NC(=O)[C@H](CCC(=O)O)NC(=O)[C@H](C)NC(=O)[C@H](CCC(=O)O)NC(=O)[C@@H](N)CCCCN)C(=O)N[C@@H](CCC(=O)O)C(=O)N[C@@H](CCCCN)C(=O)N[C@@H](Cc1ccccc1)C(=O)O. The second-order valence-corrected chi connectivity index (χ2v) is 20.1. The van der Waals surface area contributed by atoms with Crippen LogP contribution in [0.3, 0.4) is 0 Å². The third kappa shape index (κ3) is 31.2. The fourth-order valence-electron chi connectivity index (χ4n) is 8.08. The molecule has 0 aliphatic heterocycles. The van der Waals surface area contributed by atoms with Gasteiger partial charge in [-0.2, -0.15) is 0 Å². The summed E-state index contributed by atoms with van der Waals surface area (Å²) in [4.78, 5) is 181. The van der Waals surface area contributed by atoms with Gasteiger partial charge in [-0.25, -0.2) is 4.79 Å². The van der Waals surface area contributed by atoms with Gasteiger partial charge in [0, 0.05) is 32.1 Å². The maximum absolute atomic E-state index is 14.0. The second-order valence-electron chi connectivity index (χ2n) is 20.1. The van der Waals surface area contributed by atoms with Crippen molar-refractivity contribution in [3.63, 3.8) is 0 Å². The highest BCUT2D eigenvalue weighted by Crippen LogP contribution is 2.11. The van der Waals surface area contributed by atoms with Gasteiger partial charge in [-0.15, -0.1) is 0 Å². The van der Waals surface area contributed by atoms with E-state index in [1.54, 1.807) is 30.3 Å². The first-order chi connectivity index (χ1) is 40.1. The number of hydrogen-bond acceptors (Lipinski definition) is 18. The number of carbonyl (C=O) groups excluding carboxylic acids is 9. The van der Waals surface area contributed by atoms with Crippen molar-refractivity contribution in [1.82, 2.24) is 47.9 Å². The number of carboxylic acids is 5. The standard InChI is InChI=1S/C53H85N13O19/c1-29(58-47(78)35(17-21-40(67)68)62-46(77)32(57)14-6-9-25-54)44(75)60-37(19-23-42(71)72)51(82)63-33(15-7-10-26-55)49(80)65-36(18-22-41(69)70)48(79)59-30(2)45(76)61-38(20-24-43(73)74)52(83)64-34(16-8-11-27-56)50(81)66-39(53(84)85)28-31-12-4-3-5-13-31/h3-5,12-13,29-30,32-39H,6-11,14-28,54-57H2,1-2H3,(H,58,78)(H,59,79)(H,60,75)(H,61,76)(H,62,77)(H,63,82)(H,64,83)(H,65,80)(H,66,81)(H,67,68)(H,69,70)(H,71,72)(H,73,74)(H,84,85)/t29-,30-,32-,33-,34-,35-,36-,37-,38-,39-/m0/s1. The van der Waals surface area contributed by atoms with Crippen molar-refractivity contribution in [2.75, 3.05) is 19.6 Å². The number of carboxylic acid groups (broad SMARTS) is 5. The molecule has 0 unspecified atom stereocenters. The van der Waals surface area contributed by atoms with Crippen LogP contribution in [0.15, 0.2) is 30.3 Å². The van der Waals surface area contributed by atoms with Gasteiger partial charge in [0.15, 0.2) is 0 Å². The molecule has 0 bridgehead atoms. The number of nitrogens with two attached hydrogens (primary N) is 4. The highest BCUT2D eigenvalue weighted by molar-refractivity contribution is 5.98. The smallest absolute Gasteiger partial charge is 0.326 e. The van der Waals surface area contributed by atoms with Crippen LogP contribution in [0.1, 0.15) is 129 Å². The predicted molar refractivity (Wildman–Crippen MR) is 301 cm³/mol. The average molecular weight is 1210 g/mol. The molecule has 1 rings (SSSR count). The van der Waals surface area contributed by atoms with E-state index in [-0.39, 0.29) is 58.0 Å². The van der Waals surface area contributed by atoms with Crippen LogP contribution in [0.4, 0.5) is 0 Å². The van der Waals surface area contributed by atoms with Gasteiger partial charge in [0.25, 0.3) is 0 Å². The summed E-state index contributed by atoms with van der Waals surface area (Å²) in [5, 5.41) is 69.0. The fraction of sp³-hybridized carbons (Fsp3) is 0.623. The van der Waals surface area contributed by atoms with E-state index in [1.807, 2.05) is 0 Å². The molecule has 85 heavy (non-hydrogen) atoms. The van der Waals surface area contributed by atoms with Gasteiger partial charge in [0.05, 0.1) is 6.04 Å². The Morgan fingerprint density at radius 2 is 0.624 bits per heavy atom. The van der Waals surface area contributed by atoms with Gasteiger partial charge < -0.3 is 96.3 Å². The summed E-state index contributed by atoms with van der Waals surface area (Å²) in [7, 11) is 0. The summed E-state index contributed by atoms with van der Waals surface area (Å²) in [6, 6.07) is -6.93. The van der Waals surface area contributed by atoms with Crippen molar-refractivity contribution in [1.29, 1.82) is 0 Å². The van der Waals surface area contributed by atoms with E-state index in [9.17, 15) is 92.7 Å². The first-order valence-corrected chi connectivity index (χ1v) is 27.9. The summed E-state index contributed by atoms with van der Waals surface area (Å²) in [5.41, 5.74) is 23.3. The van der Waals surface area contributed by atoms with Crippen molar-refractivity contribution < 1.29 is 92.7 Å². The Morgan fingerprint density at radius 1 is 0.353 bits per heavy atom. The maximum Gasteiger partial charge on any atom is 0.326 e. The van der Waals surface area contributed by atoms with Crippen LogP contribution in [0.2, 0.25) is 0 Å². The van der Waals surface area contributed by atoms with Crippen molar-refractivity contribution in [3.05, 3.63) is 35.9 Å². The van der Waals surface area contributed by atoms with Crippen LogP contribution in [0, 0.1) is 0 Å². The van der Waals surface area contributed by atoms with Crippen molar-refractivity contribution in [2.45, 2.75) is 190 Å². The molecule has 0 heterocycles. The minimum Gasteiger partial charge on any atom is -0.481 e. The number of carbonyl (C=O) groups is 14. The van der Waals surface area contributed by atoms with Gasteiger partial charge in [-0.05, 0) is 116 Å². The number of aliphatic carboxylic acids is 5. The van der Waals surface area contributed by atoms with E-state index >= 15 is 0 Å². The maximum atomic E-state index is 14.0. The molecule has 1 aromatic rings. The van der Waals surface area contributed by atoms with E-state index in [0.29, 0.717) is 31.4 Å². The molecule has 0 aliphatic rings. The largest absolute Gasteiger partial charge is 0.481 e. The molecule has 0 aliphatic carbocycles. The molecule has 0 saturated carbocycles. The molecule has 32 heteroatoms. The Hall–Kier alpha value is -8.36. The van der Waals surface area contributed by atoms with Gasteiger partial charge in [0.2, 0.25) is 53.2 Å². The third-order valence-electron chi connectivity index (χ3n) is 13.0. The lowest BCUT2D eigenvalue weighted by Gasteiger charge is -2.27. The first-order valence-electron chi connectivity index (χ1n) is 27.9. The summed E-state index contributed by atoms with van der Waals surface area (Å²) in [6.07, 6.45) is -2.95. The zero-order valence-electron chi connectivity index (χ0n) is 47.8. The molecule has 476 valence electrons. The first kappa shape index (κ1) is 74.7. The highest BCUT2D eigenvalue weighted by Gasteiger charge is 2.35. The monoisotopic (exact) mass is 1210 g/mol. The minimum atomic E-state index is -1.76. The molecular weight excluding hydrogens is 1120 g/mol. The van der Waals surface area contributed by atoms with E-state index in [0.717, 1.165) is 13.8 Å². The number of hydrogen-bond donors (Lipinski definition) is 18. The third-order valence-corrected chi connectivity index (χ3v) is 13.0. The Bertz CT molecular complexity index is 2420. The lowest BCUT2D eigenvalue weighted by molar-refractivity contribution is -0.142. The molecule has 0 fully saturated rings. The Balaban J connectivity index is 3.40. The minimum absolute atomic E-state index is 0.0558. The molecule has 9 amide bonds. The molecule has 10 atom stereocenters. The summed E-state index contributed by atoms with van der Waals surface area (Å²) < 4.78 is 0. The van der Waals surface area contributed by atoms with Gasteiger partial charge >= 0.3 is 29.8 Å². The average Bonchev–Trinajstić information content (AvgIpc) is 3.65.